The molecule has 0 atom stereocenters. The van der Waals surface area contributed by atoms with Crippen molar-refractivity contribution in [1.82, 2.24) is 4.90 Å². The molecule has 1 heterocycles. The van der Waals surface area contributed by atoms with E-state index in [4.69, 9.17) is 14.0 Å². The van der Waals surface area contributed by atoms with Gasteiger partial charge in [0, 0.05) is 25.7 Å². The summed E-state index contributed by atoms with van der Waals surface area (Å²) in [4.78, 5) is 10.9. The van der Waals surface area contributed by atoms with Crippen LogP contribution in [-0.2, 0) is 14.9 Å². The minimum absolute atomic E-state index is 0.157. The zero-order valence-electron chi connectivity index (χ0n) is 17.9. The van der Waals surface area contributed by atoms with Crippen LogP contribution in [0.5, 0.6) is 5.75 Å². The topological polar surface area (TPSA) is 101 Å². The van der Waals surface area contributed by atoms with Crippen molar-refractivity contribution in [1.29, 1.82) is 0 Å². The summed E-state index contributed by atoms with van der Waals surface area (Å²) in [5.74, 6) is 0.440. The second-order valence-electron chi connectivity index (χ2n) is 7.46. The van der Waals surface area contributed by atoms with Gasteiger partial charge in [-0.25, -0.2) is 9.98 Å². The lowest BCUT2D eigenvalue weighted by Crippen LogP contribution is -2.37. The van der Waals surface area contributed by atoms with Crippen molar-refractivity contribution in [3.63, 3.8) is 0 Å². The molecule has 1 aromatic carbocycles. The fourth-order valence-corrected chi connectivity index (χ4v) is 3.86. The SMILES string of the molecule is C(=NCCN1CCOCC1)=NC1CCCCC1.COc1cc(S(=O)(=O)O)ccc1C. The number of aliphatic imine (C=N–C) groups is 2. The highest BCUT2D eigenvalue weighted by Gasteiger charge is 2.12. The van der Waals surface area contributed by atoms with Crippen LogP contribution >= 0.6 is 0 Å². The maximum Gasteiger partial charge on any atom is 0.294 e. The summed E-state index contributed by atoms with van der Waals surface area (Å²) in [6.07, 6.45) is 6.48. The van der Waals surface area contributed by atoms with Gasteiger partial charge in [0.2, 0.25) is 0 Å². The fourth-order valence-electron chi connectivity index (χ4n) is 3.36. The number of hydrogen-bond donors (Lipinski definition) is 1. The Labute approximate surface area is 179 Å². The molecule has 1 saturated carbocycles. The number of aryl methyl sites for hydroxylation is 1. The van der Waals surface area contributed by atoms with E-state index in [1.165, 1.54) is 51.3 Å². The monoisotopic (exact) mass is 439 g/mol. The van der Waals surface area contributed by atoms with E-state index in [1.54, 1.807) is 13.0 Å². The van der Waals surface area contributed by atoms with Crippen LogP contribution in [0.15, 0.2) is 33.1 Å². The molecule has 1 N–H and O–H groups in total. The quantitative estimate of drug-likeness (QED) is 0.540. The minimum Gasteiger partial charge on any atom is -0.496 e. The lowest BCUT2D eigenvalue weighted by Gasteiger charge is -2.25. The van der Waals surface area contributed by atoms with Gasteiger partial charge < -0.3 is 9.47 Å². The molecule has 1 aromatic rings. The van der Waals surface area contributed by atoms with Crippen molar-refractivity contribution < 1.29 is 22.4 Å². The van der Waals surface area contributed by atoms with Gasteiger partial charge in [-0.15, -0.1) is 0 Å². The summed E-state index contributed by atoms with van der Waals surface area (Å²) in [7, 11) is -2.69. The standard InChI is InChI=1S/C13H23N3O.C8H10O4S/c1-2-4-13(5-3-1)15-12-14-6-7-16-8-10-17-11-9-16;1-6-3-4-7(13(9,10)11)5-8(6)12-2/h13H,1-11H2;3-5H,1-2H3,(H,9,10,11). The zero-order valence-corrected chi connectivity index (χ0v) is 18.7. The summed E-state index contributed by atoms with van der Waals surface area (Å²) in [6, 6.07) is 7.56. The predicted octanol–water partition coefficient (Wildman–Crippen LogP) is 3.08. The Balaban J connectivity index is 0.000000222. The Morgan fingerprint density at radius 1 is 1.23 bits per heavy atom. The van der Waals surface area contributed by atoms with Crippen LogP contribution in [0.2, 0.25) is 0 Å². The lowest BCUT2D eigenvalue weighted by atomic mass is 9.96. The largest absolute Gasteiger partial charge is 0.496 e. The van der Waals surface area contributed by atoms with Gasteiger partial charge >= 0.3 is 0 Å². The molecular formula is C21H33N3O5S. The Morgan fingerprint density at radius 3 is 2.57 bits per heavy atom. The summed E-state index contributed by atoms with van der Waals surface area (Å²) in [6.45, 7) is 7.41. The van der Waals surface area contributed by atoms with Gasteiger partial charge in [0.25, 0.3) is 10.1 Å². The van der Waals surface area contributed by atoms with Crippen molar-refractivity contribution >= 4 is 16.1 Å². The second kappa shape index (κ2) is 12.8. The third kappa shape index (κ3) is 8.93. The molecule has 0 unspecified atom stereocenters. The van der Waals surface area contributed by atoms with Gasteiger partial charge in [0.1, 0.15) is 5.75 Å². The maximum absolute atomic E-state index is 10.7. The highest BCUT2D eigenvalue weighted by atomic mass is 32.2. The average molecular weight is 440 g/mol. The smallest absolute Gasteiger partial charge is 0.294 e. The summed E-state index contributed by atoms with van der Waals surface area (Å²) in [5, 5.41) is 0. The number of ether oxygens (including phenoxy) is 2. The molecule has 1 aliphatic carbocycles. The van der Waals surface area contributed by atoms with E-state index in [-0.39, 0.29) is 4.90 Å². The van der Waals surface area contributed by atoms with Gasteiger partial charge in [-0.1, -0.05) is 25.3 Å². The molecule has 168 valence electrons. The number of hydrogen-bond acceptors (Lipinski definition) is 7. The Hall–Kier alpha value is -1.77. The number of nitrogens with zero attached hydrogens (tertiary/aromatic N) is 3. The third-order valence-electron chi connectivity index (χ3n) is 5.19. The number of methoxy groups -OCH3 is 1. The highest BCUT2D eigenvalue weighted by molar-refractivity contribution is 7.85. The van der Waals surface area contributed by atoms with Crippen LogP contribution in [0, 0.1) is 6.92 Å². The van der Waals surface area contributed by atoms with Crippen molar-refractivity contribution in [3.05, 3.63) is 23.8 Å². The van der Waals surface area contributed by atoms with Crippen LogP contribution in [0.4, 0.5) is 0 Å². The molecule has 2 aliphatic rings. The van der Waals surface area contributed by atoms with Gasteiger partial charge in [-0.2, -0.15) is 8.42 Å². The Kier molecular flexibility index (Phi) is 10.5. The molecule has 1 saturated heterocycles. The normalized spacial score (nSPS) is 18.0. The highest BCUT2D eigenvalue weighted by Crippen LogP contribution is 2.21. The average Bonchev–Trinajstić information content (AvgIpc) is 2.75. The molecular weight excluding hydrogens is 406 g/mol. The number of morpholine rings is 1. The summed E-state index contributed by atoms with van der Waals surface area (Å²) < 4.78 is 40.3. The van der Waals surface area contributed by atoms with Crippen LogP contribution in [0.1, 0.15) is 37.7 Å². The van der Waals surface area contributed by atoms with E-state index in [0.717, 1.165) is 45.0 Å². The Morgan fingerprint density at radius 2 is 1.93 bits per heavy atom. The fraction of sp³-hybridized carbons (Fsp3) is 0.667. The summed E-state index contributed by atoms with van der Waals surface area (Å²) in [5.41, 5.74) is 0.815. The van der Waals surface area contributed by atoms with E-state index in [9.17, 15) is 8.42 Å². The molecule has 0 spiro atoms. The first-order valence-electron chi connectivity index (χ1n) is 10.4. The van der Waals surface area contributed by atoms with E-state index in [2.05, 4.69) is 20.9 Å². The molecule has 9 heteroatoms. The summed E-state index contributed by atoms with van der Waals surface area (Å²) >= 11 is 0. The van der Waals surface area contributed by atoms with E-state index in [0.29, 0.717) is 11.8 Å². The van der Waals surface area contributed by atoms with Gasteiger partial charge in [-0.3, -0.25) is 9.45 Å². The van der Waals surface area contributed by atoms with Crippen molar-refractivity contribution in [2.75, 3.05) is 46.5 Å². The third-order valence-corrected chi connectivity index (χ3v) is 6.04. The van der Waals surface area contributed by atoms with Crippen LogP contribution in [0.3, 0.4) is 0 Å². The maximum atomic E-state index is 10.7. The van der Waals surface area contributed by atoms with E-state index in [1.807, 2.05) is 0 Å². The van der Waals surface area contributed by atoms with E-state index < -0.39 is 10.1 Å². The molecule has 1 aliphatic heterocycles. The van der Waals surface area contributed by atoms with Gasteiger partial charge in [0.15, 0.2) is 0 Å². The molecule has 0 aromatic heterocycles. The molecule has 0 bridgehead atoms. The van der Waals surface area contributed by atoms with Gasteiger partial charge in [-0.05, 0) is 31.4 Å². The van der Waals surface area contributed by atoms with Crippen molar-refractivity contribution in [3.8, 4) is 5.75 Å². The van der Waals surface area contributed by atoms with Crippen molar-refractivity contribution in [2.45, 2.75) is 50.0 Å². The van der Waals surface area contributed by atoms with Crippen LogP contribution in [0.25, 0.3) is 0 Å². The number of benzene rings is 1. The Bertz CT molecular complexity index is 810. The minimum atomic E-state index is -4.13. The second-order valence-corrected chi connectivity index (χ2v) is 8.88. The van der Waals surface area contributed by atoms with Crippen LogP contribution < -0.4 is 4.74 Å². The number of rotatable bonds is 6. The molecule has 0 amide bonds. The first-order chi connectivity index (χ1) is 14.4. The molecule has 30 heavy (non-hydrogen) atoms. The molecule has 8 nitrogen and oxygen atoms in total. The zero-order chi connectivity index (χ0) is 21.8. The van der Waals surface area contributed by atoms with Crippen LogP contribution in [-0.4, -0.2) is 76.4 Å². The van der Waals surface area contributed by atoms with Crippen molar-refractivity contribution in [2.24, 2.45) is 9.98 Å². The molecule has 2 fully saturated rings. The van der Waals surface area contributed by atoms with E-state index >= 15 is 0 Å². The molecule has 3 rings (SSSR count). The first-order valence-corrected chi connectivity index (χ1v) is 11.9. The molecule has 0 radical (unpaired) electrons. The van der Waals surface area contributed by atoms with Gasteiger partial charge in [0.05, 0.1) is 43.8 Å². The lowest BCUT2D eigenvalue weighted by molar-refractivity contribution is 0.0395. The predicted molar refractivity (Wildman–Crippen MR) is 116 cm³/mol. The first kappa shape index (κ1) is 24.5.